The maximum Gasteiger partial charge on any atom is 0.104 e. The van der Waals surface area contributed by atoms with E-state index in [-0.39, 0.29) is 57.1 Å². The van der Waals surface area contributed by atoms with Crippen LogP contribution in [-0.4, -0.2) is 25.6 Å². The van der Waals surface area contributed by atoms with Crippen LogP contribution in [-0.2, 0) is 6.54 Å². The van der Waals surface area contributed by atoms with Gasteiger partial charge in [-0.25, -0.2) is 0 Å². The normalized spacial score (nSPS) is 8.47. The van der Waals surface area contributed by atoms with Gasteiger partial charge >= 0.3 is 0 Å². The number of rotatable bonds is 2. The van der Waals surface area contributed by atoms with E-state index in [0.29, 0.717) is 0 Å². The Hall–Kier alpha value is 0.580. The minimum Gasteiger partial charge on any atom is -1.00 e. The number of halogens is 3. The van der Waals surface area contributed by atoms with E-state index in [4.69, 9.17) is 0 Å². The van der Waals surface area contributed by atoms with Crippen molar-refractivity contribution in [3.8, 4) is 0 Å². The SMILES string of the molecule is Br.Br.C[N+](C)(C)Cc1ccccc1.N.[Br-]. The van der Waals surface area contributed by atoms with Crippen LogP contribution in [0.4, 0.5) is 0 Å². The Kier molecular flexibility index (Phi) is 18.2. The van der Waals surface area contributed by atoms with Crippen LogP contribution in [0.1, 0.15) is 5.56 Å². The first-order valence-electron chi connectivity index (χ1n) is 3.92. The smallest absolute Gasteiger partial charge is 0.104 e. The first-order valence-corrected chi connectivity index (χ1v) is 3.92. The van der Waals surface area contributed by atoms with Gasteiger partial charge in [-0.15, -0.1) is 34.0 Å². The summed E-state index contributed by atoms with van der Waals surface area (Å²) >= 11 is 0. The van der Waals surface area contributed by atoms with Crippen molar-refractivity contribution in [1.82, 2.24) is 6.15 Å². The molecule has 0 saturated carbocycles. The molecule has 0 aliphatic carbocycles. The van der Waals surface area contributed by atoms with E-state index in [9.17, 15) is 0 Å². The molecule has 0 unspecified atom stereocenters. The van der Waals surface area contributed by atoms with E-state index in [1.54, 1.807) is 0 Å². The van der Waals surface area contributed by atoms with Crippen LogP contribution in [0, 0.1) is 0 Å². The highest BCUT2D eigenvalue weighted by Crippen LogP contribution is 2.04. The molecule has 0 saturated heterocycles. The van der Waals surface area contributed by atoms with Crippen molar-refractivity contribution in [3.05, 3.63) is 35.9 Å². The molecule has 1 aromatic carbocycles. The van der Waals surface area contributed by atoms with Gasteiger partial charge in [0.05, 0.1) is 21.1 Å². The summed E-state index contributed by atoms with van der Waals surface area (Å²) in [4.78, 5) is 0. The average molecular weight is 409 g/mol. The van der Waals surface area contributed by atoms with E-state index in [0.717, 1.165) is 11.0 Å². The van der Waals surface area contributed by atoms with Gasteiger partial charge < -0.3 is 27.6 Å². The average Bonchev–Trinajstić information content (AvgIpc) is 1.85. The first-order chi connectivity index (χ1) is 5.08. The topological polar surface area (TPSA) is 35.0 Å². The molecule has 1 rings (SSSR count). The van der Waals surface area contributed by atoms with Crippen molar-refractivity contribution < 1.29 is 21.5 Å². The van der Waals surface area contributed by atoms with Crippen LogP contribution in [0.3, 0.4) is 0 Å². The van der Waals surface area contributed by atoms with Crippen molar-refractivity contribution in [2.75, 3.05) is 21.1 Å². The van der Waals surface area contributed by atoms with Crippen molar-refractivity contribution in [2.45, 2.75) is 6.54 Å². The third-order valence-electron chi connectivity index (χ3n) is 1.50. The summed E-state index contributed by atoms with van der Waals surface area (Å²) in [5, 5.41) is 0. The Morgan fingerprint density at radius 3 is 1.67 bits per heavy atom. The quantitative estimate of drug-likeness (QED) is 0.698. The molecule has 0 amide bonds. The number of benzene rings is 1. The molecule has 0 aromatic heterocycles. The Morgan fingerprint density at radius 1 is 0.933 bits per heavy atom. The molecule has 3 N–H and O–H groups in total. The maximum atomic E-state index is 2.20. The minimum absolute atomic E-state index is 0. The van der Waals surface area contributed by atoms with Gasteiger partial charge in [-0.05, 0) is 0 Å². The van der Waals surface area contributed by atoms with E-state index < -0.39 is 0 Å². The molecular weight excluding hydrogens is 388 g/mol. The number of quaternary nitrogens is 1. The third-order valence-corrected chi connectivity index (χ3v) is 1.50. The summed E-state index contributed by atoms with van der Waals surface area (Å²) in [6.07, 6.45) is 0. The van der Waals surface area contributed by atoms with Crippen LogP contribution in [0.25, 0.3) is 0 Å². The summed E-state index contributed by atoms with van der Waals surface area (Å²) < 4.78 is 0.990. The molecule has 0 spiro atoms. The second-order valence-corrected chi connectivity index (χ2v) is 3.93. The fourth-order valence-electron chi connectivity index (χ4n) is 1.13. The summed E-state index contributed by atoms with van der Waals surface area (Å²) in [6.45, 7) is 1.10. The molecule has 1 aromatic rings. The standard InChI is InChI=1S/C10H16N.3BrH.H3N/c1-11(2,3)9-10-7-5-4-6-8-10;;;;/h4-8H,9H2,1-3H3;3*1H;1H3/q+1;;;;/p-1. The van der Waals surface area contributed by atoms with Crippen LogP contribution < -0.4 is 23.1 Å². The lowest BCUT2D eigenvalue weighted by molar-refractivity contribution is -0.884. The van der Waals surface area contributed by atoms with Crippen LogP contribution in [0.15, 0.2) is 30.3 Å². The zero-order chi connectivity index (χ0) is 8.32. The third kappa shape index (κ3) is 12.5. The van der Waals surface area contributed by atoms with E-state index in [1.165, 1.54) is 5.56 Å². The van der Waals surface area contributed by atoms with Crippen LogP contribution >= 0.6 is 34.0 Å². The Morgan fingerprint density at radius 2 is 1.33 bits per heavy atom. The molecule has 15 heavy (non-hydrogen) atoms. The molecule has 0 bridgehead atoms. The van der Waals surface area contributed by atoms with Crippen LogP contribution in [0.5, 0.6) is 0 Å². The molecule has 2 nitrogen and oxygen atoms in total. The van der Waals surface area contributed by atoms with Gasteiger partial charge in [0.25, 0.3) is 0 Å². The van der Waals surface area contributed by atoms with E-state index >= 15 is 0 Å². The van der Waals surface area contributed by atoms with Gasteiger partial charge in [0.2, 0.25) is 0 Å². The van der Waals surface area contributed by atoms with Gasteiger partial charge in [0, 0.05) is 5.56 Å². The predicted molar refractivity (Wildman–Crippen MR) is 73.8 cm³/mol. The highest BCUT2D eigenvalue weighted by atomic mass is 79.9. The molecule has 0 radical (unpaired) electrons. The van der Waals surface area contributed by atoms with E-state index in [2.05, 4.69) is 51.5 Å². The fourth-order valence-corrected chi connectivity index (χ4v) is 1.13. The molecule has 5 heteroatoms. The largest absolute Gasteiger partial charge is 1.00 e. The van der Waals surface area contributed by atoms with Crippen molar-refractivity contribution >= 4 is 34.0 Å². The Labute approximate surface area is 125 Å². The highest BCUT2D eigenvalue weighted by Gasteiger charge is 2.06. The second kappa shape index (κ2) is 11.1. The van der Waals surface area contributed by atoms with Crippen molar-refractivity contribution in [1.29, 1.82) is 0 Å². The van der Waals surface area contributed by atoms with Gasteiger partial charge in [-0.1, -0.05) is 30.3 Å². The fraction of sp³-hybridized carbons (Fsp3) is 0.400. The minimum atomic E-state index is 0. The number of hydrogen-bond donors (Lipinski definition) is 1. The summed E-state index contributed by atoms with van der Waals surface area (Å²) in [5.74, 6) is 0. The lowest BCUT2D eigenvalue weighted by atomic mass is 10.2. The summed E-state index contributed by atoms with van der Waals surface area (Å²) in [6, 6.07) is 10.6. The maximum absolute atomic E-state index is 2.20. The molecule has 0 fully saturated rings. The Bertz CT molecular complexity index is 222. The zero-order valence-electron chi connectivity index (χ0n) is 9.44. The Balaban J connectivity index is -0.000000151. The monoisotopic (exact) mass is 406 g/mol. The first kappa shape index (κ1) is 24.7. The van der Waals surface area contributed by atoms with Crippen LogP contribution in [0.2, 0.25) is 0 Å². The lowest BCUT2D eigenvalue weighted by Gasteiger charge is -2.23. The molecule has 92 valence electrons. The van der Waals surface area contributed by atoms with Gasteiger partial charge in [-0.2, -0.15) is 0 Å². The number of nitrogens with zero attached hydrogens (tertiary/aromatic N) is 1. The van der Waals surface area contributed by atoms with Gasteiger partial charge in [0.1, 0.15) is 6.54 Å². The highest BCUT2D eigenvalue weighted by molar-refractivity contribution is 8.93. The van der Waals surface area contributed by atoms with Crippen molar-refractivity contribution in [3.63, 3.8) is 0 Å². The van der Waals surface area contributed by atoms with Gasteiger partial charge in [-0.3, -0.25) is 0 Å². The van der Waals surface area contributed by atoms with E-state index in [1.807, 2.05) is 0 Å². The summed E-state index contributed by atoms with van der Waals surface area (Å²) in [7, 11) is 6.60. The second-order valence-electron chi connectivity index (χ2n) is 3.93. The molecule has 0 aliphatic heterocycles. The zero-order valence-corrected chi connectivity index (χ0v) is 14.5. The van der Waals surface area contributed by atoms with Gasteiger partial charge in [0.15, 0.2) is 0 Å². The summed E-state index contributed by atoms with van der Waals surface area (Å²) in [5.41, 5.74) is 1.40. The molecule has 0 heterocycles. The molecule has 0 atom stereocenters. The molecule has 0 aliphatic rings. The predicted octanol–water partition coefficient (Wildman–Crippen LogP) is 0.215. The number of hydrogen-bond acceptors (Lipinski definition) is 1. The molecular formula is C10H21Br3N2. The van der Waals surface area contributed by atoms with Crippen molar-refractivity contribution in [2.24, 2.45) is 0 Å². The lowest BCUT2D eigenvalue weighted by Crippen LogP contribution is -3.00.